The lowest BCUT2D eigenvalue weighted by Gasteiger charge is -2.19. The Kier molecular flexibility index (Phi) is 10.5. The van der Waals surface area contributed by atoms with Crippen molar-refractivity contribution in [3.63, 3.8) is 0 Å². The molecule has 6 heteroatoms. The first-order valence-corrected chi connectivity index (χ1v) is 8.97. The first-order valence-electron chi connectivity index (χ1n) is 7.32. The third-order valence-corrected chi connectivity index (χ3v) is 4.81. The average Bonchev–Trinajstić information content (AvgIpc) is 2.34. The van der Waals surface area contributed by atoms with Gasteiger partial charge in [-0.05, 0) is 59.4 Å². The number of rotatable bonds is 12. The van der Waals surface area contributed by atoms with Crippen molar-refractivity contribution in [1.82, 2.24) is 14.9 Å². The molecule has 0 fully saturated rings. The van der Waals surface area contributed by atoms with E-state index in [0.29, 0.717) is 6.42 Å². The second-order valence-electron chi connectivity index (χ2n) is 4.96. The Morgan fingerprint density at radius 1 is 1.16 bits per heavy atom. The van der Waals surface area contributed by atoms with Gasteiger partial charge in [-0.2, -0.15) is 0 Å². The summed E-state index contributed by atoms with van der Waals surface area (Å²) in [6, 6.07) is 0.0233. The van der Waals surface area contributed by atoms with Gasteiger partial charge in [0, 0.05) is 6.04 Å². The van der Waals surface area contributed by atoms with Crippen LogP contribution in [0.4, 0.5) is 0 Å². The molecule has 0 aliphatic rings. The summed E-state index contributed by atoms with van der Waals surface area (Å²) < 4.78 is 26.3. The molecule has 0 rings (SSSR count). The van der Waals surface area contributed by atoms with Gasteiger partial charge in [-0.1, -0.05) is 13.8 Å². The fourth-order valence-corrected chi connectivity index (χ4v) is 3.40. The van der Waals surface area contributed by atoms with Crippen LogP contribution in [0.3, 0.4) is 0 Å². The van der Waals surface area contributed by atoms with E-state index in [-0.39, 0.29) is 11.8 Å². The predicted molar refractivity (Wildman–Crippen MR) is 82.0 cm³/mol. The summed E-state index contributed by atoms with van der Waals surface area (Å²) in [7, 11) is -1.29. The smallest absolute Gasteiger partial charge is 0.211 e. The molecule has 0 aromatic carbocycles. The first-order chi connectivity index (χ1) is 8.95. The van der Waals surface area contributed by atoms with E-state index in [1.54, 1.807) is 0 Å². The molecule has 0 aromatic heterocycles. The van der Waals surface area contributed by atoms with Gasteiger partial charge in [0.2, 0.25) is 10.0 Å². The van der Waals surface area contributed by atoms with Crippen LogP contribution in [0, 0.1) is 0 Å². The number of hydrogen-bond donors (Lipinski definition) is 2. The lowest BCUT2D eigenvalue weighted by Crippen LogP contribution is -2.35. The van der Waals surface area contributed by atoms with Crippen LogP contribution in [0.5, 0.6) is 0 Å². The lowest BCUT2D eigenvalue weighted by molar-refractivity contribution is 0.293. The summed E-state index contributed by atoms with van der Waals surface area (Å²) in [5.41, 5.74) is 0. The fraction of sp³-hybridized carbons (Fsp3) is 1.00. The Hall–Kier alpha value is -0.170. The van der Waals surface area contributed by atoms with Crippen LogP contribution in [0.2, 0.25) is 0 Å². The van der Waals surface area contributed by atoms with Gasteiger partial charge in [0.05, 0.1) is 5.75 Å². The maximum Gasteiger partial charge on any atom is 0.211 e. The standard InChI is InChI=1S/C13H31N3O2S/c1-5-16(6-2)11-7-9-13(3)15-19(17,18)12-8-10-14-4/h13-15H,5-12H2,1-4H3. The summed E-state index contributed by atoms with van der Waals surface area (Å²) in [6.07, 6.45) is 2.57. The molecule has 0 radical (unpaired) electrons. The van der Waals surface area contributed by atoms with Crippen molar-refractivity contribution >= 4 is 10.0 Å². The topological polar surface area (TPSA) is 61.4 Å². The van der Waals surface area contributed by atoms with E-state index in [1.165, 1.54) is 0 Å². The van der Waals surface area contributed by atoms with E-state index in [1.807, 2.05) is 14.0 Å². The van der Waals surface area contributed by atoms with E-state index in [4.69, 9.17) is 0 Å². The molecule has 0 heterocycles. The van der Waals surface area contributed by atoms with Crippen molar-refractivity contribution in [2.24, 2.45) is 0 Å². The zero-order chi connectivity index (χ0) is 14.7. The molecule has 0 saturated heterocycles. The van der Waals surface area contributed by atoms with Crippen molar-refractivity contribution < 1.29 is 8.42 Å². The zero-order valence-electron chi connectivity index (χ0n) is 12.9. The van der Waals surface area contributed by atoms with Crippen molar-refractivity contribution in [2.45, 2.75) is 46.1 Å². The van der Waals surface area contributed by atoms with Crippen LogP contribution < -0.4 is 10.0 Å². The van der Waals surface area contributed by atoms with Crippen LogP contribution in [0.1, 0.15) is 40.0 Å². The Labute approximate surface area is 119 Å². The average molecular weight is 293 g/mol. The van der Waals surface area contributed by atoms with E-state index in [0.717, 1.165) is 39.0 Å². The maximum absolute atomic E-state index is 11.8. The molecule has 0 aliphatic heterocycles. The number of nitrogens with one attached hydrogen (secondary N) is 2. The van der Waals surface area contributed by atoms with Gasteiger partial charge >= 0.3 is 0 Å². The highest BCUT2D eigenvalue weighted by Gasteiger charge is 2.13. The minimum atomic E-state index is -3.12. The van der Waals surface area contributed by atoms with Gasteiger partial charge in [0.15, 0.2) is 0 Å². The normalized spacial score (nSPS) is 13.9. The van der Waals surface area contributed by atoms with Crippen molar-refractivity contribution in [3.05, 3.63) is 0 Å². The second-order valence-corrected chi connectivity index (χ2v) is 6.84. The SMILES string of the molecule is CCN(CC)CCCC(C)NS(=O)(=O)CCCNC. The van der Waals surface area contributed by atoms with Crippen LogP contribution in [-0.2, 0) is 10.0 Å². The van der Waals surface area contributed by atoms with Gasteiger partial charge in [0.1, 0.15) is 0 Å². The molecule has 1 atom stereocenters. The molecular weight excluding hydrogens is 262 g/mol. The molecule has 0 aliphatic carbocycles. The lowest BCUT2D eigenvalue weighted by atomic mass is 10.2. The monoisotopic (exact) mass is 293 g/mol. The molecule has 0 amide bonds. The Morgan fingerprint density at radius 2 is 1.79 bits per heavy atom. The molecule has 116 valence electrons. The van der Waals surface area contributed by atoms with Gasteiger partial charge in [-0.15, -0.1) is 0 Å². The molecule has 5 nitrogen and oxygen atoms in total. The minimum Gasteiger partial charge on any atom is -0.320 e. The largest absolute Gasteiger partial charge is 0.320 e. The number of hydrogen-bond acceptors (Lipinski definition) is 4. The summed E-state index contributed by atoms with van der Waals surface area (Å²) >= 11 is 0. The molecule has 0 aromatic rings. The molecule has 19 heavy (non-hydrogen) atoms. The first kappa shape index (κ1) is 18.8. The van der Waals surface area contributed by atoms with Crippen LogP contribution >= 0.6 is 0 Å². The second kappa shape index (κ2) is 10.6. The van der Waals surface area contributed by atoms with Crippen LogP contribution in [0.15, 0.2) is 0 Å². The zero-order valence-corrected chi connectivity index (χ0v) is 13.7. The molecule has 1 unspecified atom stereocenters. The van der Waals surface area contributed by atoms with Gasteiger partial charge in [-0.25, -0.2) is 13.1 Å². The van der Waals surface area contributed by atoms with Crippen molar-refractivity contribution in [3.8, 4) is 0 Å². The third kappa shape index (κ3) is 10.3. The van der Waals surface area contributed by atoms with E-state index in [2.05, 4.69) is 28.8 Å². The Morgan fingerprint density at radius 3 is 2.32 bits per heavy atom. The van der Waals surface area contributed by atoms with Crippen molar-refractivity contribution in [1.29, 1.82) is 0 Å². The highest BCUT2D eigenvalue weighted by molar-refractivity contribution is 7.89. The van der Waals surface area contributed by atoms with E-state index < -0.39 is 10.0 Å². The predicted octanol–water partition coefficient (Wildman–Crippen LogP) is 1.03. The summed E-state index contributed by atoms with van der Waals surface area (Å²) in [4.78, 5) is 2.36. The Bertz CT molecular complexity index is 303. The number of sulfonamides is 1. The van der Waals surface area contributed by atoms with Gasteiger partial charge in [0.25, 0.3) is 0 Å². The maximum atomic E-state index is 11.8. The summed E-state index contributed by atoms with van der Waals surface area (Å²) in [5.74, 6) is 0.203. The number of nitrogens with zero attached hydrogens (tertiary/aromatic N) is 1. The van der Waals surface area contributed by atoms with Crippen molar-refractivity contribution in [2.75, 3.05) is 39.0 Å². The highest BCUT2D eigenvalue weighted by atomic mass is 32.2. The van der Waals surface area contributed by atoms with Crippen LogP contribution in [-0.4, -0.2) is 58.3 Å². The third-order valence-electron chi connectivity index (χ3n) is 3.23. The summed E-state index contributed by atoms with van der Waals surface area (Å²) in [5, 5.41) is 2.96. The van der Waals surface area contributed by atoms with Gasteiger partial charge < -0.3 is 10.2 Å². The molecule has 2 N–H and O–H groups in total. The summed E-state index contributed by atoms with van der Waals surface area (Å²) in [6.45, 7) is 10.1. The van der Waals surface area contributed by atoms with E-state index in [9.17, 15) is 8.42 Å². The molecule has 0 bridgehead atoms. The quantitative estimate of drug-likeness (QED) is 0.528. The molecule has 0 saturated carbocycles. The van der Waals surface area contributed by atoms with Crippen LogP contribution in [0.25, 0.3) is 0 Å². The Balaban J connectivity index is 3.86. The molecule has 0 spiro atoms. The molecular formula is C13H31N3O2S. The van der Waals surface area contributed by atoms with Gasteiger partial charge in [-0.3, -0.25) is 0 Å². The highest BCUT2D eigenvalue weighted by Crippen LogP contribution is 2.02. The van der Waals surface area contributed by atoms with E-state index >= 15 is 0 Å². The minimum absolute atomic E-state index is 0.0233. The fourth-order valence-electron chi connectivity index (χ4n) is 2.02.